The van der Waals surface area contributed by atoms with E-state index in [0.717, 1.165) is 40.9 Å². The molecule has 1 amide bonds. The lowest BCUT2D eigenvalue weighted by Crippen LogP contribution is -2.33. The summed E-state index contributed by atoms with van der Waals surface area (Å²) in [5.41, 5.74) is 12.5. The van der Waals surface area contributed by atoms with Gasteiger partial charge < -0.3 is 10.6 Å². The summed E-state index contributed by atoms with van der Waals surface area (Å²) in [4.78, 5) is 19.3. The minimum Gasteiger partial charge on any atom is -0.397 e. The number of aromatic nitrogens is 3. The van der Waals surface area contributed by atoms with Gasteiger partial charge in [0, 0.05) is 48.2 Å². The molecule has 6 heteroatoms. The van der Waals surface area contributed by atoms with E-state index in [9.17, 15) is 4.79 Å². The van der Waals surface area contributed by atoms with Crippen LogP contribution < -0.4 is 5.73 Å². The molecular formula is C22H25N5O. The summed E-state index contributed by atoms with van der Waals surface area (Å²) in [6.07, 6.45) is 5.49. The fourth-order valence-corrected chi connectivity index (χ4v) is 3.60. The van der Waals surface area contributed by atoms with Gasteiger partial charge in [-0.05, 0) is 50.5 Å². The quantitative estimate of drug-likeness (QED) is 0.741. The first-order valence-corrected chi connectivity index (χ1v) is 9.55. The van der Waals surface area contributed by atoms with E-state index in [0.29, 0.717) is 23.8 Å². The molecule has 0 saturated heterocycles. The van der Waals surface area contributed by atoms with Crippen LogP contribution in [0, 0.1) is 13.8 Å². The minimum absolute atomic E-state index is 0.0689. The number of carbonyl (C=O) groups is 1. The number of nitrogens with two attached hydrogens (primary N) is 1. The Morgan fingerprint density at radius 3 is 2.50 bits per heavy atom. The summed E-state index contributed by atoms with van der Waals surface area (Å²) in [5.74, 6) is 0.0689. The molecule has 0 spiro atoms. The largest absolute Gasteiger partial charge is 0.397 e. The van der Waals surface area contributed by atoms with Crippen molar-refractivity contribution in [3.8, 4) is 11.1 Å². The molecule has 1 aliphatic carbocycles. The number of pyridine rings is 1. The van der Waals surface area contributed by atoms with E-state index >= 15 is 0 Å². The zero-order valence-electron chi connectivity index (χ0n) is 16.5. The highest BCUT2D eigenvalue weighted by molar-refractivity contribution is 5.95. The second-order valence-corrected chi connectivity index (χ2v) is 7.48. The van der Waals surface area contributed by atoms with Gasteiger partial charge >= 0.3 is 0 Å². The molecule has 0 aliphatic heterocycles. The van der Waals surface area contributed by atoms with Crippen molar-refractivity contribution in [1.82, 2.24) is 19.7 Å². The van der Waals surface area contributed by atoms with E-state index in [1.165, 1.54) is 0 Å². The summed E-state index contributed by atoms with van der Waals surface area (Å²) in [6.45, 7) is 4.67. The number of hydrogen-bond donors (Lipinski definition) is 1. The molecule has 6 nitrogen and oxygen atoms in total. The van der Waals surface area contributed by atoms with E-state index in [1.807, 2.05) is 53.9 Å². The third-order valence-corrected chi connectivity index (χ3v) is 5.53. The highest BCUT2D eigenvalue weighted by atomic mass is 16.2. The Bertz CT molecular complexity index is 1020. The van der Waals surface area contributed by atoms with E-state index < -0.39 is 0 Å². The molecule has 3 aromatic rings. The Balaban J connectivity index is 1.59. The zero-order chi connectivity index (χ0) is 19.8. The Kier molecular flexibility index (Phi) is 4.63. The summed E-state index contributed by atoms with van der Waals surface area (Å²) in [6, 6.07) is 9.87. The van der Waals surface area contributed by atoms with Crippen LogP contribution in [-0.4, -0.2) is 31.6 Å². The van der Waals surface area contributed by atoms with Gasteiger partial charge in [-0.15, -0.1) is 0 Å². The van der Waals surface area contributed by atoms with Crippen LogP contribution in [0.25, 0.3) is 11.1 Å². The maximum atomic E-state index is 13.2. The Morgan fingerprint density at radius 1 is 1.21 bits per heavy atom. The van der Waals surface area contributed by atoms with Crippen molar-refractivity contribution < 1.29 is 4.79 Å². The molecule has 2 heterocycles. The van der Waals surface area contributed by atoms with Crippen LogP contribution in [0.1, 0.15) is 40.2 Å². The molecule has 28 heavy (non-hydrogen) atoms. The smallest absolute Gasteiger partial charge is 0.254 e. The predicted molar refractivity (Wildman–Crippen MR) is 110 cm³/mol. The maximum absolute atomic E-state index is 13.2. The molecule has 0 bridgehead atoms. The van der Waals surface area contributed by atoms with Crippen molar-refractivity contribution >= 4 is 11.6 Å². The predicted octanol–water partition coefficient (Wildman–Crippen LogP) is 3.49. The summed E-state index contributed by atoms with van der Waals surface area (Å²) in [5, 5.41) is 4.49. The van der Waals surface area contributed by atoms with Crippen molar-refractivity contribution in [1.29, 1.82) is 0 Å². The van der Waals surface area contributed by atoms with Crippen LogP contribution in [0.2, 0.25) is 0 Å². The van der Waals surface area contributed by atoms with Gasteiger partial charge in [0.2, 0.25) is 0 Å². The fourth-order valence-electron chi connectivity index (χ4n) is 3.60. The van der Waals surface area contributed by atoms with Gasteiger partial charge in [-0.1, -0.05) is 12.1 Å². The SMILES string of the molecule is Cc1nn(C)c(C)c1CN(C(=O)c1ccc(-c2ccncc2N)cc1)C1CC1. The molecule has 2 N–H and O–H groups in total. The second kappa shape index (κ2) is 7.11. The number of nitrogen functional groups attached to an aromatic ring is 1. The number of amides is 1. The molecule has 1 aromatic carbocycles. The van der Waals surface area contributed by atoms with Crippen molar-refractivity contribution in [3.05, 3.63) is 65.2 Å². The second-order valence-electron chi connectivity index (χ2n) is 7.48. The van der Waals surface area contributed by atoms with Gasteiger partial charge in [-0.3, -0.25) is 14.5 Å². The standard InChI is InChI=1S/C22H25N5O/c1-14-20(15(2)26(3)25-14)13-27(18-8-9-18)22(28)17-6-4-16(5-7-17)19-10-11-24-12-21(19)23/h4-7,10-12,18H,8-9,13,23H2,1-3H3. The molecule has 1 saturated carbocycles. The van der Waals surface area contributed by atoms with Gasteiger partial charge in [0.25, 0.3) is 5.91 Å². The Morgan fingerprint density at radius 2 is 1.93 bits per heavy atom. The van der Waals surface area contributed by atoms with Gasteiger partial charge in [-0.25, -0.2) is 0 Å². The van der Waals surface area contributed by atoms with Crippen LogP contribution >= 0.6 is 0 Å². The first kappa shape index (κ1) is 18.2. The average molecular weight is 375 g/mol. The third kappa shape index (κ3) is 3.38. The number of aryl methyl sites for hydroxylation is 2. The Hall–Kier alpha value is -3.15. The van der Waals surface area contributed by atoms with E-state index in [1.54, 1.807) is 12.4 Å². The monoisotopic (exact) mass is 375 g/mol. The average Bonchev–Trinajstić information content (AvgIpc) is 3.50. The summed E-state index contributed by atoms with van der Waals surface area (Å²) in [7, 11) is 1.94. The van der Waals surface area contributed by atoms with Crippen molar-refractivity contribution in [2.75, 3.05) is 5.73 Å². The third-order valence-electron chi connectivity index (χ3n) is 5.53. The molecule has 144 valence electrons. The Labute approximate surface area is 165 Å². The van der Waals surface area contributed by atoms with Crippen LogP contribution in [0.15, 0.2) is 42.7 Å². The molecule has 0 radical (unpaired) electrons. The molecular weight excluding hydrogens is 350 g/mol. The number of carbonyl (C=O) groups excluding carboxylic acids is 1. The van der Waals surface area contributed by atoms with Crippen molar-refractivity contribution in [3.63, 3.8) is 0 Å². The molecule has 0 atom stereocenters. The normalized spacial score (nSPS) is 13.5. The van der Waals surface area contributed by atoms with Gasteiger partial charge in [0.15, 0.2) is 0 Å². The van der Waals surface area contributed by atoms with Gasteiger partial charge in [0.1, 0.15) is 0 Å². The number of hydrogen-bond acceptors (Lipinski definition) is 4. The fraction of sp³-hybridized carbons (Fsp3) is 0.318. The molecule has 1 aliphatic rings. The number of nitrogens with zero attached hydrogens (tertiary/aromatic N) is 4. The first-order valence-electron chi connectivity index (χ1n) is 9.55. The summed E-state index contributed by atoms with van der Waals surface area (Å²) >= 11 is 0. The van der Waals surface area contributed by atoms with Gasteiger partial charge in [-0.2, -0.15) is 5.10 Å². The van der Waals surface area contributed by atoms with E-state index in [-0.39, 0.29) is 5.91 Å². The lowest BCUT2D eigenvalue weighted by atomic mass is 10.0. The maximum Gasteiger partial charge on any atom is 0.254 e. The molecule has 1 fully saturated rings. The van der Waals surface area contributed by atoms with Gasteiger partial charge in [0.05, 0.1) is 17.6 Å². The zero-order valence-corrected chi connectivity index (χ0v) is 16.5. The first-order chi connectivity index (χ1) is 13.5. The highest BCUT2D eigenvalue weighted by Crippen LogP contribution is 2.32. The molecule has 2 aromatic heterocycles. The molecule has 0 unspecified atom stereocenters. The van der Waals surface area contributed by atoms with E-state index in [2.05, 4.69) is 17.0 Å². The number of anilines is 1. The highest BCUT2D eigenvalue weighted by Gasteiger charge is 2.34. The minimum atomic E-state index is 0.0689. The van der Waals surface area contributed by atoms with Crippen LogP contribution in [0.4, 0.5) is 5.69 Å². The number of benzene rings is 1. The molecule has 4 rings (SSSR count). The summed E-state index contributed by atoms with van der Waals surface area (Å²) < 4.78 is 1.88. The van der Waals surface area contributed by atoms with Crippen molar-refractivity contribution in [2.45, 2.75) is 39.3 Å². The van der Waals surface area contributed by atoms with Crippen LogP contribution in [-0.2, 0) is 13.6 Å². The van der Waals surface area contributed by atoms with Crippen molar-refractivity contribution in [2.24, 2.45) is 7.05 Å². The topological polar surface area (TPSA) is 77.0 Å². The van der Waals surface area contributed by atoms with E-state index in [4.69, 9.17) is 5.73 Å². The lowest BCUT2D eigenvalue weighted by molar-refractivity contribution is 0.0729. The number of rotatable bonds is 5. The van der Waals surface area contributed by atoms with Crippen LogP contribution in [0.5, 0.6) is 0 Å². The van der Waals surface area contributed by atoms with Crippen LogP contribution in [0.3, 0.4) is 0 Å². The lowest BCUT2D eigenvalue weighted by Gasteiger charge is -2.23.